The Labute approximate surface area is 166 Å². The molecule has 2 N–H and O–H groups in total. The molecule has 0 radical (unpaired) electrons. The molecule has 1 aromatic heterocycles. The van der Waals surface area contributed by atoms with E-state index < -0.39 is 5.92 Å². The zero-order valence-corrected chi connectivity index (χ0v) is 16.3. The van der Waals surface area contributed by atoms with E-state index in [0.717, 1.165) is 12.0 Å². The minimum atomic E-state index is -0.453. The number of benzene rings is 1. The summed E-state index contributed by atoms with van der Waals surface area (Å²) < 4.78 is 5.83. The minimum Gasteiger partial charge on any atom is -0.371 e. The Morgan fingerprint density at radius 3 is 2.93 bits per heavy atom. The molecule has 28 heavy (non-hydrogen) atoms. The SMILES string of the molecule is CC(=O)Nc1nc2c(s1)C(=O)C[C@H](C(=O)NC[C@H]1OCCc3ccccc31)C2. The Balaban J connectivity index is 1.40. The Hall–Kier alpha value is -2.58. The zero-order chi connectivity index (χ0) is 19.7. The molecule has 2 aromatic rings. The molecule has 0 fully saturated rings. The first-order valence-electron chi connectivity index (χ1n) is 9.29. The number of hydrogen-bond acceptors (Lipinski definition) is 6. The Morgan fingerprint density at radius 1 is 1.29 bits per heavy atom. The second-order valence-electron chi connectivity index (χ2n) is 7.06. The first-order valence-corrected chi connectivity index (χ1v) is 10.1. The second-order valence-corrected chi connectivity index (χ2v) is 8.06. The number of hydrogen-bond donors (Lipinski definition) is 2. The highest BCUT2D eigenvalue weighted by Crippen LogP contribution is 2.32. The van der Waals surface area contributed by atoms with Crippen LogP contribution in [0.3, 0.4) is 0 Å². The van der Waals surface area contributed by atoms with Crippen LogP contribution in [0.1, 0.15) is 45.9 Å². The van der Waals surface area contributed by atoms with Crippen molar-refractivity contribution < 1.29 is 19.1 Å². The molecule has 146 valence electrons. The summed E-state index contributed by atoms with van der Waals surface area (Å²) in [5.74, 6) is -0.957. The third-order valence-corrected chi connectivity index (χ3v) is 6.08. The summed E-state index contributed by atoms with van der Waals surface area (Å²) in [6, 6.07) is 8.09. The fourth-order valence-electron chi connectivity index (χ4n) is 3.70. The summed E-state index contributed by atoms with van der Waals surface area (Å²) in [5.41, 5.74) is 2.94. The van der Waals surface area contributed by atoms with E-state index in [2.05, 4.69) is 21.7 Å². The number of ether oxygens (including phenoxy) is 1. The number of aromatic nitrogens is 1. The Morgan fingerprint density at radius 2 is 2.11 bits per heavy atom. The molecule has 7 nitrogen and oxygen atoms in total. The number of carbonyl (C=O) groups is 3. The van der Waals surface area contributed by atoms with E-state index in [9.17, 15) is 14.4 Å². The van der Waals surface area contributed by atoms with Crippen molar-refractivity contribution in [2.75, 3.05) is 18.5 Å². The van der Waals surface area contributed by atoms with Crippen LogP contribution >= 0.6 is 11.3 Å². The van der Waals surface area contributed by atoms with E-state index in [4.69, 9.17) is 4.74 Å². The van der Waals surface area contributed by atoms with E-state index in [0.29, 0.717) is 35.3 Å². The van der Waals surface area contributed by atoms with Gasteiger partial charge in [-0.05, 0) is 17.5 Å². The van der Waals surface area contributed by atoms with Gasteiger partial charge < -0.3 is 15.4 Å². The molecule has 1 aliphatic heterocycles. The molecule has 1 aromatic carbocycles. The Kier molecular flexibility index (Phi) is 5.23. The minimum absolute atomic E-state index is 0.102. The average molecular weight is 399 g/mol. The number of fused-ring (bicyclic) bond motifs is 2. The third-order valence-electron chi connectivity index (χ3n) is 5.03. The molecule has 0 unspecified atom stereocenters. The largest absolute Gasteiger partial charge is 0.371 e. The molecule has 2 aliphatic rings. The van der Waals surface area contributed by atoms with Crippen molar-refractivity contribution in [3.63, 3.8) is 0 Å². The summed E-state index contributed by atoms with van der Waals surface area (Å²) >= 11 is 1.17. The van der Waals surface area contributed by atoms with Crippen LogP contribution in [0.2, 0.25) is 0 Å². The third kappa shape index (κ3) is 3.83. The molecule has 4 rings (SSSR count). The summed E-state index contributed by atoms with van der Waals surface area (Å²) in [4.78, 5) is 41.2. The summed E-state index contributed by atoms with van der Waals surface area (Å²) in [6.45, 7) is 2.40. The maximum absolute atomic E-state index is 12.7. The fourth-order valence-corrected chi connectivity index (χ4v) is 4.69. The van der Waals surface area contributed by atoms with Crippen LogP contribution < -0.4 is 10.6 Å². The summed E-state index contributed by atoms with van der Waals surface area (Å²) in [5, 5.41) is 5.95. The smallest absolute Gasteiger partial charge is 0.224 e. The maximum Gasteiger partial charge on any atom is 0.224 e. The lowest BCUT2D eigenvalue weighted by Gasteiger charge is -2.27. The highest BCUT2D eigenvalue weighted by molar-refractivity contribution is 7.17. The van der Waals surface area contributed by atoms with E-state index in [1.54, 1.807) is 0 Å². The van der Waals surface area contributed by atoms with Gasteiger partial charge in [-0.1, -0.05) is 35.6 Å². The number of nitrogens with one attached hydrogen (secondary N) is 2. The van der Waals surface area contributed by atoms with Gasteiger partial charge in [0.25, 0.3) is 0 Å². The first kappa shape index (κ1) is 18.8. The monoisotopic (exact) mass is 399 g/mol. The van der Waals surface area contributed by atoms with Crippen LogP contribution in [0.4, 0.5) is 5.13 Å². The molecule has 0 saturated heterocycles. The van der Waals surface area contributed by atoms with Crippen LogP contribution in [0.25, 0.3) is 0 Å². The molecule has 0 bridgehead atoms. The number of amides is 2. The van der Waals surface area contributed by atoms with Gasteiger partial charge in [-0.3, -0.25) is 14.4 Å². The average Bonchev–Trinajstić information content (AvgIpc) is 3.08. The van der Waals surface area contributed by atoms with Gasteiger partial charge in [0.15, 0.2) is 10.9 Å². The van der Waals surface area contributed by atoms with Crippen molar-refractivity contribution in [1.29, 1.82) is 0 Å². The Bertz CT molecular complexity index is 939. The lowest BCUT2D eigenvalue weighted by Crippen LogP contribution is -2.38. The van der Waals surface area contributed by atoms with Gasteiger partial charge in [-0.15, -0.1) is 0 Å². The molecule has 2 amide bonds. The van der Waals surface area contributed by atoms with Crippen molar-refractivity contribution in [3.8, 4) is 0 Å². The molecule has 1 aliphatic carbocycles. The highest BCUT2D eigenvalue weighted by atomic mass is 32.1. The van der Waals surface area contributed by atoms with Crippen molar-refractivity contribution >= 4 is 34.1 Å². The topological polar surface area (TPSA) is 97.4 Å². The quantitative estimate of drug-likeness (QED) is 0.822. The fraction of sp³-hybridized carbons (Fsp3) is 0.400. The van der Waals surface area contributed by atoms with Crippen LogP contribution in [0.15, 0.2) is 24.3 Å². The molecule has 2 atom stereocenters. The number of nitrogens with zero attached hydrogens (tertiary/aromatic N) is 1. The molecule has 0 saturated carbocycles. The zero-order valence-electron chi connectivity index (χ0n) is 15.5. The molecule has 2 heterocycles. The van der Waals surface area contributed by atoms with Crippen LogP contribution in [0, 0.1) is 5.92 Å². The van der Waals surface area contributed by atoms with Gasteiger partial charge >= 0.3 is 0 Å². The number of ketones is 1. The van der Waals surface area contributed by atoms with Gasteiger partial charge in [0.1, 0.15) is 6.10 Å². The van der Waals surface area contributed by atoms with E-state index >= 15 is 0 Å². The molecular weight excluding hydrogens is 378 g/mol. The van der Waals surface area contributed by atoms with E-state index in [1.807, 2.05) is 18.2 Å². The molecule has 8 heteroatoms. The summed E-state index contributed by atoms with van der Waals surface area (Å²) in [7, 11) is 0. The number of Topliss-reactive ketones (excluding diaryl/α,β-unsaturated/α-hetero) is 1. The lowest BCUT2D eigenvalue weighted by atomic mass is 9.89. The molecular formula is C20H21N3O4S. The summed E-state index contributed by atoms with van der Waals surface area (Å²) in [6.07, 6.45) is 1.25. The van der Waals surface area contributed by atoms with E-state index in [1.165, 1.54) is 23.8 Å². The normalized spacial score (nSPS) is 20.8. The molecule has 0 spiro atoms. The van der Waals surface area contributed by atoms with Crippen molar-refractivity contribution in [2.45, 2.75) is 32.3 Å². The van der Waals surface area contributed by atoms with E-state index in [-0.39, 0.29) is 30.1 Å². The van der Waals surface area contributed by atoms with Gasteiger partial charge in [-0.2, -0.15) is 0 Å². The predicted octanol–water partition coefficient (Wildman–Crippen LogP) is 2.28. The van der Waals surface area contributed by atoms with Crippen LogP contribution in [0.5, 0.6) is 0 Å². The number of thiazole rings is 1. The number of rotatable bonds is 4. The van der Waals surface area contributed by atoms with Gasteiger partial charge in [0, 0.05) is 26.3 Å². The first-order chi connectivity index (χ1) is 13.5. The number of carbonyl (C=O) groups excluding carboxylic acids is 3. The van der Waals surface area contributed by atoms with Gasteiger partial charge in [0.2, 0.25) is 11.8 Å². The van der Waals surface area contributed by atoms with Gasteiger partial charge in [-0.25, -0.2) is 4.98 Å². The lowest BCUT2D eigenvalue weighted by molar-refractivity contribution is -0.125. The predicted molar refractivity (Wildman–Crippen MR) is 104 cm³/mol. The van der Waals surface area contributed by atoms with Crippen molar-refractivity contribution in [3.05, 3.63) is 46.0 Å². The highest BCUT2D eigenvalue weighted by Gasteiger charge is 2.33. The number of anilines is 1. The van der Waals surface area contributed by atoms with Crippen molar-refractivity contribution in [1.82, 2.24) is 10.3 Å². The standard InChI is InChI=1S/C20H21N3O4S/c1-11(24)22-20-23-15-8-13(9-16(25)18(15)28-20)19(26)21-10-17-14-5-3-2-4-12(14)6-7-27-17/h2-5,13,17H,6-10H2,1H3,(H,21,26)(H,22,23,24)/t13-,17-/m1/s1. The van der Waals surface area contributed by atoms with Gasteiger partial charge in [0.05, 0.1) is 23.1 Å². The van der Waals surface area contributed by atoms with Crippen molar-refractivity contribution in [2.24, 2.45) is 5.92 Å². The van der Waals surface area contributed by atoms with Crippen LogP contribution in [-0.4, -0.2) is 35.7 Å². The second kappa shape index (κ2) is 7.81. The van der Waals surface area contributed by atoms with Crippen LogP contribution in [-0.2, 0) is 27.2 Å². The maximum atomic E-state index is 12.7.